The smallest absolute Gasteiger partial charge is 0.261 e. The highest BCUT2D eigenvalue weighted by Gasteiger charge is 2.29. The van der Waals surface area contributed by atoms with Crippen molar-refractivity contribution >= 4 is 21.6 Å². The van der Waals surface area contributed by atoms with E-state index in [0.29, 0.717) is 25.4 Å². The number of carbonyl (C=O) groups is 1. The van der Waals surface area contributed by atoms with Crippen LogP contribution in [0.3, 0.4) is 0 Å². The van der Waals surface area contributed by atoms with Gasteiger partial charge in [0, 0.05) is 25.3 Å². The molecule has 156 valence electrons. The van der Waals surface area contributed by atoms with Crippen LogP contribution in [-0.2, 0) is 14.8 Å². The number of hydrogen-bond donors (Lipinski definition) is 0. The number of morpholine rings is 1. The van der Waals surface area contributed by atoms with Crippen LogP contribution in [0, 0.1) is 5.82 Å². The molecule has 0 unspecified atom stereocenters. The minimum Gasteiger partial charge on any atom is -0.379 e. The van der Waals surface area contributed by atoms with E-state index >= 15 is 0 Å². The number of hydrogen-bond acceptors (Lipinski definition) is 4. The number of ether oxygens (including phenoxy) is 1. The summed E-state index contributed by atoms with van der Waals surface area (Å²) >= 11 is 0. The van der Waals surface area contributed by atoms with E-state index in [1.165, 1.54) is 15.3 Å². The normalized spacial score (nSPS) is 15.2. The highest BCUT2D eigenvalue weighted by Crippen LogP contribution is 2.24. The Morgan fingerprint density at radius 3 is 2.48 bits per heavy atom. The zero-order valence-electron chi connectivity index (χ0n) is 16.4. The zero-order valence-corrected chi connectivity index (χ0v) is 17.2. The minimum atomic E-state index is -3.83. The molecule has 1 fully saturated rings. The largest absolute Gasteiger partial charge is 0.379 e. The van der Waals surface area contributed by atoms with Crippen LogP contribution < -0.4 is 4.90 Å². The minimum absolute atomic E-state index is 0.0901. The van der Waals surface area contributed by atoms with Gasteiger partial charge in [-0.2, -0.15) is 4.31 Å². The summed E-state index contributed by atoms with van der Waals surface area (Å²) in [7, 11) is -3.83. The first-order chi connectivity index (χ1) is 13.9. The van der Waals surface area contributed by atoms with Crippen LogP contribution in [0.25, 0.3) is 0 Å². The second-order valence-corrected chi connectivity index (χ2v) is 8.74. The Bertz CT molecular complexity index is 944. The molecule has 0 bridgehead atoms. The molecule has 1 amide bonds. The quantitative estimate of drug-likeness (QED) is 0.689. The Labute approximate surface area is 170 Å². The lowest BCUT2D eigenvalue weighted by Crippen LogP contribution is -2.40. The molecular formula is C21H25FN2O4S. The standard InChI is InChI=1S/C21H25FN2O4S/c1-2-3-11-24(17-7-5-4-6-8-17)21(25)19-16-18(9-10-20(19)22)29(26,27)23-12-14-28-15-13-23/h4-10,16H,2-3,11-15H2,1H3. The van der Waals surface area contributed by atoms with Gasteiger partial charge >= 0.3 is 0 Å². The number of anilines is 1. The molecule has 0 radical (unpaired) electrons. The third-order valence-corrected chi connectivity index (χ3v) is 6.72. The summed E-state index contributed by atoms with van der Waals surface area (Å²) in [6.45, 7) is 3.50. The molecule has 2 aromatic carbocycles. The second kappa shape index (κ2) is 9.47. The fraction of sp³-hybridized carbons (Fsp3) is 0.381. The number of halogens is 1. The van der Waals surface area contributed by atoms with Crippen LogP contribution >= 0.6 is 0 Å². The molecule has 29 heavy (non-hydrogen) atoms. The van der Waals surface area contributed by atoms with Crippen LogP contribution in [0.2, 0.25) is 0 Å². The van der Waals surface area contributed by atoms with Gasteiger partial charge in [0.1, 0.15) is 5.82 Å². The lowest BCUT2D eigenvalue weighted by atomic mass is 10.1. The maximum Gasteiger partial charge on any atom is 0.261 e. The third-order valence-electron chi connectivity index (χ3n) is 4.82. The van der Waals surface area contributed by atoms with E-state index in [4.69, 9.17) is 4.74 Å². The number of rotatable bonds is 7. The second-order valence-electron chi connectivity index (χ2n) is 6.80. The van der Waals surface area contributed by atoms with Crippen molar-refractivity contribution in [1.82, 2.24) is 4.31 Å². The highest BCUT2D eigenvalue weighted by molar-refractivity contribution is 7.89. The van der Waals surface area contributed by atoms with Crippen molar-refractivity contribution < 1.29 is 22.3 Å². The number of carbonyl (C=O) groups excluding carboxylic acids is 1. The maximum atomic E-state index is 14.6. The third kappa shape index (κ3) is 4.83. The molecule has 2 aromatic rings. The van der Waals surface area contributed by atoms with Crippen molar-refractivity contribution in [3.8, 4) is 0 Å². The molecule has 1 aliphatic rings. The summed E-state index contributed by atoms with van der Waals surface area (Å²) < 4.78 is 46.9. The number of para-hydroxylation sites is 1. The Kier molecular flexibility index (Phi) is 7.00. The molecule has 0 N–H and O–H groups in total. The highest BCUT2D eigenvalue weighted by atomic mass is 32.2. The first-order valence-electron chi connectivity index (χ1n) is 9.69. The molecule has 0 aliphatic carbocycles. The monoisotopic (exact) mass is 420 g/mol. The number of nitrogens with zero attached hydrogens (tertiary/aromatic N) is 2. The van der Waals surface area contributed by atoms with Gasteiger partial charge in [-0.25, -0.2) is 12.8 Å². The SMILES string of the molecule is CCCCN(C(=O)c1cc(S(=O)(=O)N2CCOCC2)ccc1F)c1ccccc1. The Hall–Kier alpha value is -2.29. The van der Waals surface area contributed by atoms with E-state index in [1.54, 1.807) is 24.3 Å². The van der Waals surface area contributed by atoms with Crippen molar-refractivity contribution in [3.05, 3.63) is 59.9 Å². The molecule has 1 heterocycles. The maximum absolute atomic E-state index is 14.6. The molecule has 0 atom stereocenters. The van der Waals surface area contributed by atoms with Gasteiger partial charge < -0.3 is 9.64 Å². The summed E-state index contributed by atoms with van der Waals surface area (Å²) in [6, 6.07) is 12.4. The van der Waals surface area contributed by atoms with Crippen LogP contribution in [0.15, 0.2) is 53.4 Å². The Morgan fingerprint density at radius 1 is 1.14 bits per heavy atom. The molecule has 0 aromatic heterocycles. The molecular weight excluding hydrogens is 395 g/mol. The number of amides is 1. The van der Waals surface area contributed by atoms with Gasteiger partial charge in [-0.15, -0.1) is 0 Å². The van der Waals surface area contributed by atoms with Gasteiger partial charge in [0.15, 0.2) is 0 Å². The number of benzene rings is 2. The molecule has 1 aliphatic heterocycles. The van der Waals surface area contributed by atoms with E-state index in [0.717, 1.165) is 25.0 Å². The summed E-state index contributed by atoms with van der Waals surface area (Å²) in [5.74, 6) is -1.30. The van der Waals surface area contributed by atoms with Gasteiger partial charge in [-0.3, -0.25) is 4.79 Å². The molecule has 8 heteroatoms. The lowest BCUT2D eigenvalue weighted by Gasteiger charge is -2.26. The summed E-state index contributed by atoms with van der Waals surface area (Å²) in [6.07, 6.45) is 1.61. The van der Waals surface area contributed by atoms with Gasteiger partial charge in [-0.05, 0) is 36.8 Å². The molecule has 3 rings (SSSR count). The van der Waals surface area contributed by atoms with Gasteiger partial charge in [0.25, 0.3) is 5.91 Å². The molecule has 6 nitrogen and oxygen atoms in total. The number of unbranched alkanes of at least 4 members (excludes halogenated alkanes) is 1. The van der Waals surface area contributed by atoms with Gasteiger partial charge in [0.2, 0.25) is 10.0 Å². The average Bonchev–Trinajstić information content (AvgIpc) is 2.75. The van der Waals surface area contributed by atoms with E-state index in [-0.39, 0.29) is 23.5 Å². The fourth-order valence-electron chi connectivity index (χ4n) is 3.18. The molecule has 1 saturated heterocycles. The van der Waals surface area contributed by atoms with E-state index in [2.05, 4.69) is 0 Å². The predicted molar refractivity (Wildman–Crippen MR) is 109 cm³/mol. The first kappa shape index (κ1) is 21.4. The van der Waals surface area contributed by atoms with Crippen LogP contribution in [0.5, 0.6) is 0 Å². The van der Waals surface area contributed by atoms with E-state index in [1.807, 2.05) is 13.0 Å². The molecule has 0 saturated carbocycles. The average molecular weight is 421 g/mol. The van der Waals surface area contributed by atoms with Crippen molar-refractivity contribution in [2.45, 2.75) is 24.7 Å². The zero-order chi connectivity index (χ0) is 20.9. The predicted octanol–water partition coefficient (Wildman–Crippen LogP) is 3.29. The van der Waals surface area contributed by atoms with E-state index in [9.17, 15) is 17.6 Å². The number of sulfonamides is 1. The van der Waals surface area contributed by atoms with Crippen molar-refractivity contribution in [2.75, 3.05) is 37.7 Å². The van der Waals surface area contributed by atoms with Gasteiger partial charge in [-0.1, -0.05) is 31.5 Å². The lowest BCUT2D eigenvalue weighted by molar-refractivity contribution is 0.0730. The Balaban J connectivity index is 1.96. The topological polar surface area (TPSA) is 66.9 Å². The van der Waals surface area contributed by atoms with Crippen molar-refractivity contribution in [1.29, 1.82) is 0 Å². The van der Waals surface area contributed by atoms with Crippen LogP contribution in [0.4, 0.5) is 10.1 Å². The first-order valence-corrected chi connectivity index (χ1v) is 11.1. The summed E-state index contributed by atoms with van der Waals surface area (Å²) in [5, 5.41) is 0. The van der Waals surface area contributed by atoms with E-state index < -0.39 is 21.7 Å². The van der Waals surface area contributed by atoms with Crippen molar-refractivity contribution in [3.63, 3.8) is 0 Å². The Morgan fingerprint density at radius 2 is 1.83 bits per heavy atom. The van der Waals surface area contributed by atoms with Crippen LogP contribution in [0.1, 0.15) is 30.1 Å². The van der Waals surface area contributed by atoms with Crippen LogP contribution in [-0.4, -0.2) is 51.5 Å². The van der Waals surface area contributed by atoms with Crippen molar-refractivity contribution in [2.24, 2.45) is 0 Å². The summed E-state index contributed by atoms with van der Waals surface area (Å²) in [4.78, 5) is 14.6. The fourth-order valence-corrected chi connectivity index (χ4v) is 4.62. The van der Waals surface area contributed by atoms with Gasteiger partial charge in [0.05, 0.1) is 23.7 Å². The molecule has 0 spiro atoms. The summed E-state index contributed by atoms with van der Waals surface area (Å²) in [5.41, 5.74) is 0.395.